The van der Waals surface area contributed by atoms with Gasteiger partial charge in [-0.3, -0.25) is 4.79 Å². The van der Waals surface area contributed by atoms with Gasteiger partial charge < -0.3 is 4.74 Å². The summed E-state index contributed by atoms with van der Waals surface area (Å²) in [5.41, 5.74) is 0. The maximum atomic E-state index is 12.1. The van der Waals surface area contributed by atoms with Crippen LogP contribution in [0.1, 0.15) is 32.1 Å². The average molecular weight is 290 g/mol. The molecule has 1 saturated heterocycles. The smallest absolute Gasteiger partial charge is 0.421 e. The Kier molecular flexibility index (Phi) is 4.10. The van der Waals surface area contributed by atoms with Gasteiger partial charge in [-0.1, -0.05) is 0 Å². The summed E-state index contributed by atoms with van der Waals surface area (Å²) in [5, 5.41) is 0. The molecule has 19 heavy (non-hydrogen) atoms. The lowest BCUT2D eigenvalue weighted by atomic mass is 9.96. The van der Waals surface area contributed by atoms with Crippen molar-refractivity contribution in [1.29, 1.82) is 0 Å². The summed E-state index contributed by atoms with van der Waals surface area (Å²) < 4.78 is 31.5. The first-order chi connectivity index (χ1) is 8.95. The molecule has 1 aliphatic carbocycles. The Hall–Kier alpha value is -1.15. The Balaban J connectivity index is 2.14. The Bertz CT molecular complexity index is 475. The minimum Gasteiger partial charge on any atom is -0.452 e. The monoisotopic (exact) mass is 290 g/mol. The van der Waals surface area contributed by atoms with Gasteiger partial charge in [0.1, 0.15) is 5.78 Å². The van der Waals surface area contributed by atoms with E-state index in [0.717, 1.165) is 20.0 Å². The molecule has 2 rings (SSSR count). The van der Waals surface area contributed by atoms with Crippen LogP contribution in [-0.4, -0.2) is 44.3 Å². The van der Waals surface area contributed by atoms with E-state index in [1.807, 2.05) is 4.72 Å². The normalized spacial score (nSPS) is 28.6. The maximum Gasteiger partial charge on any atom is 0.421 e. The van der Waals surface area contributed by atoms with Crippen molar-refractivity contribution >= 4 is 22.1 Å². The van der Waals surface area contributed by atoms with E-state index >= 15 is 0 Å². The zero-order valence-electron chi connectivity index (χ0n) is 10.8. The van der Waals surface area contributed by atoms with Crippen LogP contribution in [0.3, 0.4) is 0 Å². The lowest BCUT2D eigenvalue weighted by Crippen LogP contribution is -2.48. The number of hydrogen-bond acceptors (Lipinski definition) is 5. The summed E-state index contributed by atoms with van der Waals surface area (Å²) in [6.07, 6.45) is 2.43. The van der Waals surface area contributed by atoms with Crippen LogP contribution in [0.4, 0.5) is 4.79 Å². The Morgan fingerprint density at radius 2 is 2.11 bits per heavy atom. The Morgan fingerprint density at radius 3 is 2.68 bits per heavy atom. The predicted octanol–water partition coefficient (Wildman–Crippen LogP) is 0.421. The Morgan fingerprint density at radius 1 is 1.37 bits per heavy atom. The topological polar surface area (TPSA) is 92.8 Å². The fraction of sp³-hybridized carbons (Fsp3) is 0.818. The van der Waals surface area contributed by atoms with Crippen molar-refractivity contribution in [2.45, 2.75) is 38.1 Å². The summed E-state index contributed by atoms with van der Waals surface area (Å²) in [5.74, 6) is -0.0955. The van der Waals surface area contributed by atoms with Crippen LogP contribution in [0.2, 0.25) is 0 Å². The highest BCUT2D eigenvalue weighted by Gasteiger charge is 2.43. The molecular formula is C11H18N2O5S. The van der Waals surface area contributed by atoms with Crippen LogP contribution in [0, 0.1) is 5.92 Å². The van der Waals surface area contributed by atoms with Gasteiger partial charge in [-0.15, -0.1) is 0 Å². The molecule has 7 nitrogen and oxygen atoms in total. The van der Waals surface area contributed by atoms with E-state index < -0.39 is 16.3 Å². The van der Waals surface area contributed by atoms with Crippen molar-refractivity contribution in [2.24, 2.45) is 5.92 Å². The molecule has 2 unspecified atom stereocenters. The lowest BCUT2D eigenvalue weighted by Gasteiger charge is -2.27. The molecule has 1 saturated carbocycles. The quantitative estimate of drug-likeness (QED) is 0.813. The number of ether oxygens (including phenoxy) is 1. The van der Waals surface area contributed by atoms with Crippen molar-refractivity contribution in [3.8, 4) is 0 Å². The van der Waals surface area contributed by atoms with Crippen molar-refractivity contribution < 1.29 is 22.7 Å². The van der Waals surface area contributed by atoms with Crippen molar-refractivity contribution in [3.63, 3.8) is 0 Å². The molecule has 108 valence electrons. The highest BCUT2D eigenvalue weighted by Crippen LogP contribution is 2.34. The molecule has 1 aliphatic heterocycles. The minimum atomic E-state index is -3.92. The lowest BCUT2D eigenvalue weighted by molar-refractivity contribution is -0.121. The maximum absolute atomic E-state index is 12.1. The van der Waals surface area contributed by atoms with Crippen molar-refractivity contribution in [2.75, 3.05) is 13.7 Å². The molecule has 0 aromatic heterocycles. The summed E-state index contributed by atoms with van der Waals surface area (Å²) in [6.45, 7) is 0.334. The van der Waals surface area contributed by atoms with Gasteiger partial charge in [0.25, 0.3) is 0 Å². The number of carbonyl (C=O) groups is 2. The summed E-state index contributed by atoms with van der Waals surface area (Å²) in [7, 11) is -2.82. The van der Waals surface area contributed by atoms with Gasteiger partial charge in [-0.05, 0) is 25.7 Å². The molecule has 1 heterocycles. The first kappa shape index (κ1) is 14.3. The van der Waals surface area contributed by atoms with E-state index in [2.05, 4.69) is 4.74 Å². The first-order valence-electron chi connectivity index (χ1n) is 6.36. The number of ketones is 1. The summed E-state index contributed by atoms with van der Waals surface area (Å²) >= 11 is 0. The van der Waals surface area contributed by atoms with Crippen LogP contribution in [0.15, 0.2) is 0 Å². The molecule has 0 radical (unpaired) electrons. The van der Waals surface area contributed by atoms with Gasteiger partial charge in [-0.2, -0.15) is 12.7 Å². The number of carbonyl (C=O) groups excluding carboxylic acids is 2. The van der Waals surface area contributed by atoms with Crippen LogP contribution in [-0.2, 0) is 19.7 Å². The fourth-order valence-electron chi connectivity index (χ4n) is 2.92. The second kappa shape index (κ2) is 5.46. The zero-order valence-corrected chi connectivity index (χ0v) is 11.6. The van der Waals surface area contributed by atoms with Crippen LogP contribution in [0.5, 0.6) is 0 Å². The molecule has 1 N–H and O–H groups in total. The Labute approximate surface area is 112 Å². The number of Topliss-reactive ketones (excluding diaryl/α,β-unsaturated/α-hetero) is 1. The van der Waals surface area contributed by atoms with Gasteiger partial charge >= 0.3 is 16.3 Å². The second-order valence-electron chi connectivity index (χ2n) is 4.88. The molecule has 0 bridgehead atoms. The molecule has 0 aromatic carbocycles. The number of nitrogens with one attached hydrogen (secondary N) is 1. The number of hydrogen-bond donors (Lipinski definition) is 1. The third-order valence-corrected chi connectivity index (χ3v) is 5.27. The van der Waals surface area contributed by atoms with Gasteiger partial charge in [0, 0.05) is 24.9 Å². The number of rotatable bonds is 3. The molecule has 2 atom stereocenters. The number of methoxy groups -OCH3 is 1. The zero-order chi connectivity index (χ0) is 14.0. The highest BCUT2D eigenvalue weighted by molar-refractivity contribution is 7.87. The molecule has 0 aromatic rings. The highest BCUT2D eigenvalue weighted by atomic mass is 32.2. The average Bonchev–Trinajstić information content (AvgIpc) is 2.96. The largest absolute Gasteiger partial charge is 0.452 e. The summed E-state index contributed by atoms with van der Waals surface area (Å²) in [6, 6.07) is -0.322. The molecule has 1 amide bonds. The van der Waals surface area contributed by atoms with Gasteiger partial charge in [0.2, 0.25) is 0 Å². The van der Waals surface area contributed by atoms with E-state index in [-0.39, 0.29) is 17.7 Å². The number of nitrogens with zero attached hydrogens (tertiary/aromatic N) is 1. The first-order valence-corrected chi connectivity index (χ1v) is 7.80. The van der Waals surface area contributed by atoms with Gasteiger partial charge in [0.15, 0.2) is 0 Å². The predicted molar refractivity (Wildman–Crippen MR) is 66.5 cm³/mol. The molecule has 8 heteroatoms. The fourth-order valence-corrected chi connectivity index (χ4v) is 4.31. The minimum absolute atomic E-state index is 0.130. The van der Waals surface area contributed by atoms with E-state index in [1.165, 1.54) is 4.31 Å². The van der Waals surface area contributed by atoms with Crippen LogP contribution in [0.25, 0.3) is 0 Å². The summed E-state index contributed by atoms with van der Waals surface area (Å²) in [4.78, 5) is 22.8. The van der Waals surface area contributed by atoms with E-state index in [0.29, 0.717) is 25.8 Å². The SMILES string of the molecule is COC(=O)NS(=O)(=O)N1CCCC1C1CCCC1=O. The molecule has 0 spiro atoms. The standard InChI is InChI=1S/C11H18N2O5S/c1-18-11(15)12-19(16,17)13-7-3-5-9(13)8-4-2-6-10(8)14/h8-9H,2-7H2,1H3,(H,12,15). The van der Waals surface area contributed by atoms with Crippen molar-refractivity contribution in [1.82, 2.24) is 9.03 Å². The third-order valence-electron chi connectivity index (χ3n) is 3.77. The van der Waals surface area contributed by atoms with Gasteiger partial charge in [0.05, 0.1) is 7.11 Å². The molecule has 2 aliphatic rings. The van der Waals surface area contributed by atoms with Crippen LogP contribution < -0.4 is 4.72 Å². The van der Waals surface area contributed by atoms with Crippen LogP contribution >= 0.6 is 0 Å². The third kappa shape index (κ3) is 2.89. The van der Waals surface area contributed by atoms with E-state index in [4.69, 9.17) is 0 Å². The van der Waals surface area contributed by atoms with E-state index in [9.17, 15) is 18.0 Å². The van der Waals surface area contributed by atoms with Gasteiger partial charge in [-0.25, -0.2) is 9.52 Å². The molecule has 2 fully saturated rings. The van der Waals surface area contributed by atoms with Crippen molar-refractivity contribution in [3.05, 3.63) is 0 Å². The second-order valence-corrected chi connectivity index (χ2v) is 6.51. The molecular weight excluding hydrogens is 272 g/mol. The number of amides is 1. The van der Waals surface area contributed by atoms with E-state index in [1.54, 1.807) is 0 Å².